The summed E-state index contributed by atoms with van der Waals surface area (Å²) in [5, 5.41) is 0. The van der Waals surface area contributed by atoms with Crippen molar-refractivity contribution in [2.24, 2.45) is 5.92 Å². The van der Waals surface area contributed by atoms with Crippen molar-refractivity contribution in [3.63, 3.8) is 0 Å². The van der Waals surface area contributed by atoms with Gasteiger partial charge in [-0.15, -0.1) is 0 Å². The number of carbonyl (C=O) groups is 1. The second kappa shape index (κ2) is 8.74. The predicted molar refractivity (Wildman–Crippen MR) is 124 cm³/mol. The SMILES string of the molecule is CC[C@@H](C)COC(=O)c1c(N)n(-c2cc(OC)ccc2OC)c2nc3ccccc3nc12. The third-order valence-electron chi connectivity index (χ3n) is 5.52. The predicted octanol–water partition coefficient (Wildman–Crippen LogP) is 4.38. The Kier molecular flexibility index (Phi) is 5.85. The van der Waals surface area contributed by atoms with Crippen molar-refractivity contribution < 1.29 is 19.0 Å². The quantitative estimate of drug-likeness (QED) is 0.431. The summed E-state index contributed by atoms with van der Waals surface area (Å²) in [6.07, 6.45) is 0.899. The number of methoxy groups -OCH3 is 2. The Morgan fingerprint density at radius 2 is 1.81 bits per heavy atom. The number of carbonyl (C=O) groups excluding carboxylic acids is 1. The molecule has 2 aromatic carbocycles. The molecule has 166 valence electrons. The third-order valence-corrected chi connectivity index (χ3v) is 5.52. The summed E-state index contributed by atoms with van der Waals surface area (Å²) in [5.41, 5.74) is 9.47. The molecule has 2 N–H and O–H groups in total. The standard InChI is InChI=1S/C24H26N4O4/c1-5-14(2)13-32-24(29)20-21-23(27-17-9-7-6-8-16(17)26-21)28(22(20)25)18-12-15(30-3)10-11-19(18)31-4/h6-12,14H,5,13,25H2,1-4H3/t14-/m1/s1. The topological polar surface area (TPSA) is 101 Å². The molecule has 0 aliphatic rings. The molecule has 0 amide bonds. The summed E-state index contributed by atoms with van der Waals surface area (Å²) >= 11 is 0. The van der Waals surface area contributed by atoms with Crippen LogP contribution in [0, 0.1) is 5.92 Å². The molecule has 0 unspecified atom stereocenters. The number of hydrogen-bond donors (Lipinski definition) is 1. The van der Waals surface area contributed by atoms with E-state index in [9.17, 15) is 4.79 Å². The summed E-state index contributed by atoms with van der Waals surface area (Å²) in [7, 11) is 3.14. The molecule has 0 radical (unpaired) electrons. The van der Waals surface area contributed by atoms with Gasteiger partial charge in [0.05, 0.1) is 37.5 Å². The average Bonchev–Trinajstić information content (AvgIpc) is 3.10. The first kappa shape index (κ1) is 21.4. The molecule has 0 bridgehead atoms. The molecule has 8 nitrogen and oxygen atoms in total. The lowest BCUT2D eigenvalue weighted by atomic mass is 10.1. The fourth-order valence-corrected chi connectivity index (χ4v) is 3.49. The zero-order valence-corrected chi connectivity index (χ0v) is 18.6. The van der Waals surface area contributed by atoms with Crippen LogP contribution >= 0.6 is 0 Å². The van der Waals surface area contributed by atoms with Gasteiger partial charge in [0.2, 0.25) is 0 Å². The highest BCUT2D eigenvalue weighted by molar-refractivity contribution is 6.09. The number of anilines is 1. The maximum atomic E-state index is 13.1. The van der Waals surface area contributed by atoms with E-state index < -0.39 is 5.97 Å². The number of aromatic nitrogens is 3. The Morgan fingerprint density at radius 3 is 2.47 bits per heavy atom. The Hall–Kier alpha value is -3.81. The lowest BCUT2D eigenvalue weighted by Gasteiger charge is -2.14. The molecule has 0 aliphatic carbocycles. The number of para-hydroxylation sites is 2. The lowest BCUT2D eigenvalue weighted by Crippen LogP contribution is -2.13. The zero-order chi connectivity index (χ0) is 22.8. The molecule has 0 spiro atoms. The number of nitrogens with zero attached hydrogens (tertiary/aromatic N) is 3. The second-order valence-electron chi connectivity index (χ2n) is 7.63. The van der Waals surface area contributed by atoms with E-state index in [0.29, 0.717) is 46.0 Å². The Morgan fingerprint density at radius 1 is 1.09 bits per heavy atom. The first-order valence-electron chi connectivity index (χ1n) is 10.4. The molecule has 4 aromatic rings. The number of esters is 1. The largest absolute Gasteiger partial charge is 0.497 e. The van der Waals surface area contributed by atoms with Crippen molar-refractivity contribution >= 4 is 34.0 Å². The van der Waals surface area contributed by atoms with E-state index >= 15 is 0 Å². The van der Waals surface area contributed by atoms with Gasteiger partial charge in [-0.2, -0.15) is 0 Å². The Bertz CT molecular complexity index is 1300. The molecule has 2 aromatic heterocycles. The number of benzene rings is 2. The zero-order valence-electron chi connectivity index (χ0n) is 18.6. The highest BCUT2D eigenvalue weighted by Gasteiger charge is 2.27. The van der Waals surface area contributed by atoms with E-state index in [1.807, 2.05) is 38.1 Å². The van der Waals surface area contributed by atoms with E-state index in [2.05, 4.69) is 0 Å². The molecule has 0 fully saturated rings. The molecule has 0 aliphatic heterocycles. The molecular formula is C24H26N4O4. The molecule has 8 heteroatoms. The fraction of sp³-hybridized carbons (Fsp3) is 0.292. The van der Waals surface area contributed by atoms with Crippen LogP contribution in [0.4, 0.5) is 5.82 Å². The summed E-state index contributed by atoms with van der Waals surface area (Å²) < 4.78 is 18.2. The van der Waals surface area contributed by atoms with E-state index in [-0.39, 0.29) is 17.3 Å². The van der Waals surface area contributed by atoms with Gasteiger partial charge in [0, 0.05) is 6.07 Å². The van der Waals surface area contributed by atoms with Crippen molar-refractivity contribution in [2.45, 2.75) is 20.3 Å². The molecule has 0 saturated carbocycles. The number of fused-ring (bicyclic) bond motifs is 2. The second-order valence-corrected chi connectivity index (χ2v) is 7.63. The van der Waals surface area contributed by atoms with Crippen LogP contribution in [0.15, 0.2) is 42.5 Å². The minimum atomic E-state index is -0.530. The monoisotopic (exact) mass is 434 g/mol. The summed E-state index contributed by atoms with van der Waals surface area (Å²) in [4.78, 5) is 22.6. The van der Waals surface area contributed by atoms with E-state index in [0.717, 1.165) is 6.42 Å². The smallest absolute Gasteiger partial charge is 0.344 e. The molecular weight excluding hydrogens is 408 g/mol. The van der Waals surface area contributed by atoms with Gasteiger partial charge < -0.3 is 19.9 Å². The first-order chi connectivity index (χ1) is 15.5. The van der Waals surface area contributed by atoms with E-state index in [1.54, 1.807) is 37.0 Å². The van der Waals surface area contributed by atoms with Gasteiger partial charge in [-0.3, -0.25) is 4.57 Å². The van der Waals surface area contributed by atoms with Crippen LogP contribution in [0.25, 0.3) is 27.9 Å². The molecule has 0 saturated heterocycles. The van der Waals surface area contributed by atoms with Gasteiger partial charge in [-0.05, 0) is 30.2 Å². The maximum Gasteiger partial charge on any atom is 0.344 e. The van der Waals surface area contributed by atoms with Crippen LogP contribution in [-0.4, -0.2) is 41.3 Å². The van der Waals surface area contributed by atoms with Gasteiger partial charge in [-0.1, -0.05) is 32.4 Å². The third kappa shape index (κ3) is 3.68. The summed E-state index contributed by atoms with van der Waals surface area (Å²) in [6, 6.07) is 12.8. The summed E-state index contributed by atoms with van der Waals surface area (Å²) in [6.45, 7) is 4.37. The number of ether oxygens (including phenoxy) is 3. The van der Waals surface area contributed by atoms with Gasteiger partial charge in [0.1, 0.15) is 28.4 Å². The van der Waals surface area contributed by atoms with Crippen molar-refractivity contribution in [3.8, 4) is 17.2 Å². The molecule has 32 heavy (non-hydrogen) atoms. The van der Waals surface area contributed by atoms with Gasteiger partial charge >= 0.3 is 5.97 Å². The van der Waals surface area contributed by atoms with Crippen LogP contribution in [0.1, 0.15) is 30.6 Å². The normalized spacial score (nSPS) is 12.1. The van der Waals surface area contributed by atoms with E-state index in [1.165, 1.54) is 0 Å². The highest BCUT2D eigenvalue weighted by Crippen LogP contribution is 2.36. The minimum Gasteiger partial charge on any atom is -0.497 e. The van der Waals surface area contributed by atoms with Crippen LogP contribution < -0.4 is 15.2 Å². The van der Waals surface area contributed by atoms with Crippen LogP contribution in [-0.2, 0) is 4.74 Å². The minimum absolute atomic E-state index is 0.177. The number of rotatable bonds is 7. The van der Waals surface area contributed by atoms with Crippen LogP contribution in [0.5, 0.6) is 11.5 Å². The Labute approximate surface area is 185 Å². The van der Waals surface area contributed by atoms with Crippen molar-refractivity contribution in [1.82, 2.24) is 14.5 Å². The molecule has 1 atom stereocenters. The Balaban J connectivity index is 2.00. The lowest BCUT2D eigenvalue weighted by molar-refractivity contribution is 0.0450. The number of nitrogens with two attached hydrogens (primary N) is 1. The first-order valence-corrected chi connectivity index (χ1v) is 10.4. The highest BCUT2D eigenvalue weighted by atomic mass is 16.5. The van der Waals surface area contributed by atoms with Gasteiger partial charge in [-0.25, -0.2) is 14.8 Å². The molecule has 2 heterocycles. The number of nitrogen functional groups attached to an aromatic ring is 1. The van der Waals surface area contributed by atoms with Gasteiger partial charge in [0.15, 0.2) is 5.65 Å². The molecule has 4 rings (SSSR count). The maximum absolute atomic E-state index is 13.1. The van der Waals surface area contributed by atoms with E-state index in [4.69, 9.17) is 29.9 Å². The van der Waals surface area contributed by atoms with Crippen LogP contribution in [0.2, 0.25) is 0 Å². The summed E-state index contributed by atoms with van der Waals surface area (Å²) in [5.74, 6) is 1.04. The van der Waals surface area contributed by atoms with Gasteiger partial charge in [0.25, 0.3) is 0 Å². The van der Waals surface area contributed by atoms with Crippen molar-refractivity contribution in [3.05, 3.63) is 48.0 Å². The average molecular weight is 434 g/mol. The van der Waals surface area contributed by atoms with Crippen LogP contribution in [0.3, 0.4) is 0 Å². The fourth-order valence-electron chi connectivity index (χ4n) is 3.49. The van der Waals surface area contributed by atoms with Crippen molar-refractivity contribution in [2.75, 3.05) is 26.6 Å². The number of hydrogen-bond acceptors (Lipinski definition) is 7. The van der Waals surface area contributed by atoms with Crippen molar-refractivity contribution in [1.29, 1.82) is 0 Å².